The van der Waals surface area contributed by atoms with Gasteiger partial charge in [0.05, 0.1) is 5.70 Å². The Morgan fingerprint density at radius 3 is 2.62 bits per heavy atom. The van der Waals surface area contributed by atoms with E-state index in [-0.39, 0.29) is 6.09 Å². The summed E-state index contributed by atoms with van der Waals surface area (Å²) in [6.45, 7) is 7.24. The van der Waals surface area contributed by atoms with Crippen molar-refractivity contribution in [2.45, 2.75) is 32.5 Å². The number of hydrogen-bond acceptors (Lipinski definition) is 2. The second kappa shape index (κ2) is 6.64. The van der Waals surface area contributed by atoms with E-state index in [0.29, 0.717) is 12.3 Å². The van der Waals surface area contributed by atoms with Crippen LogP contribution in [0.5, 0.6) is 5.75 Å². The van der Waals surface area contributed by atoms with E-state index in [2.05, 4.69) is 31.1 Å². The lowest BCUT2D eigenvalue weighted by Gasteiger charge is -2.25. The normalized spacial score (nSPS) is 14.8. The number of nitrogens with zero attached hydrogens (tertiary/aromatic N) is 1. The standard InChI is InChI=1S/C17H21NO2Si/c1-21(2,3)14-12-15-9-7-8-13-18(15)17(19)20-16-10-5-4-6-11-16/h4-6,9-11H,7-8,13H2,1-3H3. The van der Waals surface area contributed by atoms with Crippen molar-refractivity contribution in [3.63, 3.8) is 0 Å². The van der Waals surface area contributed by atoms with Crippen molar-refractivity contribution in [2.75, 3.05) is 6.54 Å². The molecule has 1 aliphatic rings. The summed E-state index contributed by atoms with van der Waals surface area (Å²) in [5.41, 5.74) is 4.09. The maximum Gasteiger partial charge on any atom is 0.420 e. The van der Waals surface area contributed by atoms with Crippen LogP contribution in [0.15, 0.2) is 42.1 Å². The van der Waals surface area contributed by atoms with Gasteiger partial charge in [0.15, 0.2) is 0 Å². The van der Waals surface area contributed by atoms with E-state index in [1.165, 1.54) is 0 Å². The minimum Gasteiger partial charge on any atom is -0.410 e. The van der Waals surface area contributed by atoms with Crippen molar-refractivity contribution in [1.29, 1.82) is 0 Å². The summed E-state index contributed by atoms with van der Waals surface area (Å²) in [5.74, 6) is 3.74. The quantitative estimate of drug-likeness (QED) is 0.578. The van der Waals surface area contributed by atoms with Crippen molar-refractivity contribution in [2.24, 2.45) is 0 Å². The summed E-state index contributed by atoms with van der Waals surface area (Å²) in [6, 6.07) is 9.14. The second-order valence-corrected chi connectivity index (χ2v) is 10.8. The average molecular weight is 299 g/mol. The molecule has 1 aromatic carbocycles. The van der Waals surface area contributed by atoms with Crippen LogP contribution in [-0.4, -0.2) is 25.6 Å². The molecule has 0 saturated heterocycles. The molecule has 0 atom stereocenters. The molecule has 0 spiro atoms. The highest BCUT2D eigenvalue weighted by Gasteiger charge is 2.21. The van der Waals surface area contributed by atoms with Crippen LogP contribution in [0, 0.1) is 11.5 Å². The lowest BCUT2D eigenvalue weighted by molar-refractivity contribution is 0.165. The molecule has 1 amide bonds. The number of carbonyl (C=O) groups excluding carboxylic acids is 1. The van der Waals surface area contributed by atoms with Gasteiger partial charge in [0.25, 0.3) is 0 Å². The second-order valence-electron chi connectivity index (χ2n) is 6.06. The predicted molar refractivity (Wildman–Crippen MR) is 87.6 cm³/mol. The zero-order valence-corrected chi connectivity index (χ0v) is 13.8. The molecule has 4 heteroatoms. The van der Waals surface area contributed by atoms with Crippen LogP contribution < -0.4 is 4.74 Å². The highest BCUT2D eigenvalue weighted by Crippen LogP contribution is 2.18. The van der Waals surface area contributed by atoms with Crippen LogP contribution in [0.2, 0.25) is 19.6 Å². The summed E-state index contributed by atoms with van der Waals surface area (Å²) in [7, 11) is -1.46. The minimum atomic E-state index is -1.46. The summed E-state index contributed by atoms with van der Waals surface area (Å²) >= 11 is 0. The Morgan fingerprint density at radius 1 is 1.24 bits per heavy atom. The van der Waals surface area contributed by atoms with Crippen LogP contribution >= 0.6 is 0 Å². The Bertz CT molecular complexity index is 591. The molecule has 1 aliphatic heterocycles. The van der Waals surface area contributed by atoms with Gasteiger partial charge in [-0.2, -0.15) is 0 Å². The molecular weight excluding hydrogens is 278 g/mol. The molecule has 3 nitrogen and oxygen atoms in total. The van der Waals surface area contributed by atoms with Crippen molar-refractivity contribution >= 4 is 14.2 Å². The third-order valence-corrected chi connectivity index (χ3v) is 3.82. The Balaban J connectivity index is 2.12. The first kappa shape index (κ1) is 15.4. The molecule has 1 heterocycles. The molecule has 0 radical (unpaired) electrons. The van der Waals surface area contributed by atoms with Gasteiger partial charge in [-0.3, -0.25) is 4.90 Å². The van der Waals surface area contributed by atoms with Gasteiger partial charge in [0.2, 0.25) is 0 Å². The first-order chi connectivity index (χ1) is 9.96. The van der Waals surface area contributed by atoms with Gasteiger partial charge in [-0.05, 0) is 25.0 Å². The lowest BCUT2D eigenvalue weighted by atomic mass is 10.2. The van der Waals surface area contributed by atoms with E-state index in [4.69, 9.17) is 4.74 Å². The number of rotatable bonds is 1. The predicted octanol–water partition coefficient (Wildman–Crippen LogP) is 4.05. The fraction of sp³-hybridized carbons (Fsp3) is 0.353. The number of benzene rings is 1. The number of para-hydroxylation sites is 1. The van der Waals surface area contributed by atoms with Gasteiger partial charge in [-0.25, -0.2) is 4.79 Å². The van der Waals surface area contributed by atoms with Gasteiger partial charge in [0, 0.05) is 6.54 Å². The van der Waals surface area contributed by atoms with E-state index in [0.717, 1.165) is 18.5 Å². The summed E-state index contributed by atoms with van der Waals surface area (Å²) in [6.07, 6.45) is 3.59. The highest BCUT2D eigenvalue weighted by molar-refractivity contribution is 6.83. The van der Waals surface area contributed by atoms with Crippen LogP contribution in [-0.2, 0) is 0 Å². The van der Waals surface area contributed by atoms with Crippen molar-refractivity contribution < 1.29 is 9.53 Å². The number of allylic oxidation sites excluding steroid dienone is 2. The van der Waals surface area contributed by atoms with Crippen LogP contribution in [0.1, 0.15) is 12.8 Å². The Kier molecular flexibility index (Phi) is 4.87. The summed E-state index contributed by atoms with van der Waals surface area (Å²) < 4.78 is 5.41. The van der Waals surface area contributed by atoms with Gasteiger partial charge >= 0.3 is 6.09 Å². The fourth-order valence-corrected chi connectivity index (χ4v) is 2.43. The van der Waals surface area contributed by atoms with E-state index in [1.54, 1.807) is 17.0 Å². The maximum atomic E-state index is 12.3. The molecule has 1 aromatic rings. The lowest BCUT2D eigenvalue weighted by Crippen LogP contribution is -2.35. The molecule has 0 fully saturated rings. The molecule has 0 aliphatic carbocycles. The third-order valence-electron chi connectivity index (χ3n) is 2.95. The summed E-state index contributed by atoms with van der Waals surface area (Å²) in [5, 5.41) is 0. The number of amides is 1. The first-order valence-electron chi connectivity index (χ1n) is 7.23. The van der Waals surface area contributed by atoms with Gasteiger partial charge in [-0.15, -0.1) is 5.54 Å². The van der Waals surface area contributed by atoms with Gasteiger partial charge < -0.3 is 4.74 Å². The maximum absolute atomic E-state index is 12.3. The number of ether oxygens (including phenoxy) is 1. The minimum absolute atomic E-state index is 0.350. The van der Waals surface area contributed by atoms with E-state index in [1.807, 2.05) is 24.3 Å². The first-order valence-corrected chi connectivity index (χ1v) is 10.7. The van der Waals surface area contributed by atoms with E-state index in [9.17, 15) is 4.79 Å². The van der Waals surface area contributed by atoms with Crippen LogP contribution in [0.3, 0.4) is 0 Å². The smallest absolute Gasteiger partial charge is 0.410 e. The SMILES string of the molecule is C[Si](C)(C)C#CC1=CCCCN1C(=O)Oc1ccccc1. The highest BCUT2D eigenvalue weighted by atomic mass is 28.3. The third kappa shape index (κ3) is 4.80. The number of carbonyl (C=O) groups is 1. The molecule has 0 saturated carbocycles. The van der Waals surface area contributed by atoms with Crippen molar-refractivity contribution in [3.05, 3.63) is 42.1 Å². The zero-order valence-electron chi connectivity index (χ0n) is 12.8. The largest absolute Gasteiger partial charge is 0.420 e. The Labute approximate surface area is 127 Å². The molecular formula is C17H21NO2Si. The van der Waals surface area contributed by atoms with Gasteiger partial charge in [0.1, 0.15) is 13.8 Å². The average Bonchev–Trinajstić information content (AvgIpc) is 2.46. The monoisotopic (exact) mass is 299 g/mol. The van der Waals surface area contributed by atoms with Gasteiger partial charge in [-0.1, -0.05) is 49.8 Å². The molecule has 2 rings (SSSR count). The van der Waals surface area contributed by atoms with Crippen LogP contribution in [0.4, 0.5) is 4.79 Å². The molecule has 0 aromatic heterocycles. The molecule has 21 heavy (non-hydrogen) atoms. The summed E-state index contributed by atoms with van der Waals surface area (Å²) in [4.78, 5) is 14.0. The van der Waals surface area contributed by atoms with Crippen LogP contribution in [0.25, 0.3) is 0 Å². The Morgan fingerprint density at radius 2 is 1.95 bits per heavy atom. The van der Waals surface area contributed by atoms with E-state index >= 15 is 0 Å². The fourth-order valence-electron chi connectivity index (χ4n) is 1.92. The molecule has 0 N–H and O–H groups in total. The topological polar surface area (TPSA) is 29.5 Å². The molecule has 110 valence electrons. The van der Waals surface area contributed by atoms with Crippen molar-refractivity contribution in [3.8, 4) is 17.2 Å². The zero-order chi connectivity index (χ0) is 15.3. The van der Waals surface area contributed by atoms with Crippen molar-refractivity contribution in [1.82, 2.24) is 4.90 Å². The Hall–Kier alpha value is -1.99. The number of hydrogen-bond donors (Lipinski definition) is 0. The molecule has 0 unspecified atom stereocenters. The molecule has 0 bridgehead atoms. The van der Waals surface area contributed by atoms with E-state index < -0.39 is 8.07 Å².